The first-order valence-corrected chi connectivity index (χ1v) is 5.61. The number of halogens is 2. The van der Waals surface area contributed by atoms with Crippen LogP contribution in [0.1, 0.15) is 15.9 Å². The Bertz CT molecular complexity index is 531. The number of ketones is 1. The van der Waals surface area contributed by atoms with E-state index in [0.29, 0.717) is 20.6 Å². The van der Waals surface area contributed by atoms with Crippen LogP contribution in [-0.4, -0.2) is 15.8 Å². The number of nitrogens with zero attached hydrogens (tertiary/aromatic N) is 2. The Hall–Kier alpha value is -1.26. The van der Waals surface area contributed by atoms with E-state index in [9.17, 15) is 4.79 Å². The number of hydrogen-bond donors (Lipinski definition) is 0. The summed E-state index contributed by atoms with van der Waals surface area (Å²) in [6.45, 7) is 0. The van der Waals surface area contributed by atoms with Crippen LogP contribution in [0.15, 0.2) is 41.4 Å². The standard InChI is InChI=1S/C11H6BrClN2O/c12-9-3-1-2-8(10(9)13)11(16)7-4-14-6-15-5-7/h1-6H. The van der Waals surface area contributed by atoms with Crippen LogP contribution in [0.3, 0.4) is 0 Å². The summed E-state index contributed by atoms with van der Waals surface area (Å²) in [5.41, 5.74) is 0.855. The maximum Gasteiger partial charge on any atom is 0.197 e. The van der Waals surface area contributed by atoms with E-state index >= 15 is 0 Å². The van der Waals surface area contributed by atoms with E-state index < -0.39 is 0 Å². The first kappa shape index (κ1) is 11.2. The summed E-state index contributed by atoms with van der Waals surface area (Å²) in [5.74, 6) is -0.188. The van der Waals surface area contributed by atoms with Gasteiger partial charge in [0.05, 0.1) is 10.6 Å². The molecular weight excluding hydrogens is 291 g/mol. The smallest absolute Gasteiger partial charge is 0.197 e. The van der Waals surface area contributed by atoms with E-state index in [-0.39, 0.29) is 5.78 Å². The second-order valence-corrected chi connectivity index (χ2v) is 4.29. The number of carbonyl (C=O) groups is 1. The van der Waals surface area contributed by atoms with Gasteiger partial charge in [0.25, 0.3) is 0 Å². The minimum atomic E-state index is -0.188. The SMILES string of the molecule is O=C(c1cncnc1)c1cccc(Br)c1Cl. The van der Waals surface area contributed by atoms with Gasteiger partial charge >= 0.3 is 0 Å². The molecule has 80 valence electrons. The van der Waals surface area contributed by atoms with Crippen LogP contribution < -0.4 is 0 Å². The highest BCUT2D eigenvalue weighted by Gasteiger charge is 2.14. The van der Waals surface area contributed by atoms with Gasteiger partial charge < -0.3 is 0 Å². The maximum atomic E-state index is 12.0. The van der Waals surface area contributed by atoms with Crippen molar-refractivity contribution in [1.82, 2.24) is 9.97 Å². The molecule has 0 spiro atoms. The molecule has 1 heterocycles. The average molecular weight is 298 g/mol. The molecule has 5 heteroatoms. The number of carbonyl (C=O) groups excluding carboxylic acids is 1. The molecule has 0 atom stereocenters. The second kappa shape index (κ2) is 4.72. The van der Waals surface area contributed by atoms with Crippen molar-refractivity contribution in [3.63, 3.8) is 0 Å². The molecule has 16 heavy (non-hydrogen) atoms. The molecule has 0 fully saturated rings. The summed E-state index contributed by atoms with van der Waals surface area (Å²) >= 11 is 9.30. The first-order chi connectivity index (χ1) is 7.70. The van der Waals surface area contributed by atoms with Crippen molar-refractivity contribution < 1.29 is 4.79 Å². The molecule has 3 nitrogen and oxygen atoms in total. The molecule has 0 saturated carbocycles. The Labute approximate surface area is 106 Å². The Morgan fingerprint density at radius 2 is 1.94 bits per heavy atom. The summed E-state index contributed by atoms with van der Waals surface area (Å²) in [5, 5.41) is 0.399. The van der Waals surface area contributed by atoms with Crippen molar-refractivity contribution in [2.75, 3.05) is 0 Å². The molecule has 2 aromatic rings. The normalized spacial score (nSPS) is 10.1. The molecule has 0 aliphatic rings. The van der Waals surface area contributed by atoms with Gasteiger partial charge in [-0.2, -0.15) is 0 Å². The molecule has 0 saturated heterocycles. The van der Waals surface area contributed by atoms with Gasteiger partial charge in [-0.25, -0.2) is 9.97 Å². The van der Waals surface area contributed by atoms with Gasteiger partial charge in [-0.15, -0.1) is 0 Å². The van der Waals surface area contributed by atoms with Crippen molar-refractivity contribution in [3.8, 4) is 0 Å². The predicted molar refractivity (Wildman–Crippen MR) is 64.6 cm³/mol. The Morgan fingerprint density at radius 3 is 2.62 bits per heavy atom. The van der Waals surface area contributed by atoms with E-state index in [2.05, 4.69) is 25.9 Å². The highest BCUT2D eigenvalue weighted by atomic mass is 79.9. The van der Waals surface area contributed by atoms with Crippen LogP contribution in [0.2, 0.25) is 5.02 Å². The molecule has 0 aliphatic carbocycles. The zero-order chi connectivity index (χ0) is 11.5. The largest absolute Gasteiger partial charge is 0.288 e. The number of benzene rings is 1. The number of hydrogen-bond acceptors (Lipinski definition) is 3. The van der Waals surface area contributed by atoms with Crippen LogP contribution in [0.25, 0.3) is 0 Å². The number of aromatic nitrogens is 2. The molecule has 2 rings (SSSR count). The fraction of sp³-hybridized carbons (Fsp3) is 0. The van der Waals surface area contributed by atoms with Crippen molar-refractivity contribution in [1.29, 1.82) is 0 Å². The quantitative estimate of drug-likeness (QED) is 0.800. The van der Waals surface area contributed by atoms with E-state index in [0.717, 1.165) is 0 Å². The Balaban J connectivity index is 2.46. The van der Waals surface area contributed by atoms with Gasteiger partial charge in [0.2, 0.25) is 0 Å². The van der Waals surface area contributed by atoms with E-state index in [1.165, 1.54) is 18.7 Å². The number of rotatable bonds is 2. The van der Waals surface area contributed by atoms with Gasteiger partial charge in [0, 0.05) is 22.4 Å². The summed E-state index contributed by atoms with van der Waals surface area (Å²) in [7, 11) is 0. The molecule has 0 N–H and O–H groups in total. The molecule has 0 radical (unpaired) electrons. The zero-order valence-electron chi connectivity index (χ0n) is 8.02. The molecule has 0 unspecified atom stereocenters. The van der Waals surface area contributed by atoms with Gasteiger partial charge in [-0.05, 0) is 28.1 Å². The van der Waals surface area contributed by atoms with E-state index in [1.54, 1.807) is 18.2 Å². The van der Waals surface area contributed by atoms with Crippen LogP contribution >= 0.6 is 27.5 Å². The minimum absolute atomic E-state index is 0.188. The van der Waals surface area contributed by atoms with Crippen molar-refractivity contribution >= 4 is 33.3 Å². The lowest BCUT2D eigenvalue weighted by atomic mass is 10.1. The third-order valence-electron chi connectivity index (χ3n) is 2.02. The van der Waals surface area contributed by atoms with Crippen LogP contribution in [0, 0.1) is 0 Å². The highest BCUT2D eigenvalue weighted by Crippen LogP contribution is 2.27. The third kappa shape index (κ3) is 2.13. The molecule has 0 amide bonds. The van der Waals surface area contributed by atoms with Gasteiger partial charge in [-0.1, -0.05) is 17.7 Å². The lowest BCUT2D eigenvalue weighted by Gasteiger charge is -2.04. The minimum Gasteiger partial charge on any atom is -0.288 e. The topological polar surface area (TPSA) is 42.9 Å². The first-order valence-electron chi connectivity index (χ1n) is 4.44. The molecular formula is C11H6BrClN2O. The predicted octanol–water partition coefficient (Wildman–Crippen LogP) is 3.12. The van der Waals surface area contributed by atoms with Crippen LogP contribution in [-0.2, 0) is 0 Å². The summed E-state index contributed by atoms with van der Waals surface area (Å²) in [6.07, 6.45) is 4.30. The van der Waals surface area contributed by atoms with Crippen molar-refractivity contribution in [2.45, 2.75) is 0 Å². The summed E-state index contributed by atoms with van der Waals surface area (Å²) < 4.78 is 0.692. The fourth-order valence-electron chi connectivity index (χ4n) is 1.25. The van der Waals surface area contributed by atoms with Crippen LogP contribution in [0.5, 0.6) is 0 Å². The second-order valence-electron chi connectivity index (χ2n) is 3.06. The molecule has 1 aromatic carbocycles. The zero-order valence-corrected chi connectivity index (χ0v) is 10.4. The highest BCUT2D eigenvalue weighted by molar-refractivity contribution is 9.10. The van der Waals surface area contributed by atoms with E-state index in [1.807, 2.05) is 0 Å². The maximum absolute atomic E-state index is 12.0. The molecule has 1 aromatic heterocycles. The Morgan fingerprint density at radius 1 is 1.25 bits per heavy atom. The lowest BCUT2D eigenvalue weighted by molar-refractivity contribution is 0.103. The van der Waals surface area contributed by atoms with Crippen molar-refractivity contribution in [2.24, 2.45) is 0 Å². The van der Waals surface area contributed by atoms with Gasteiger partial charge in [-0.3, -0.25) is 4.79 Å². The van der Waals surface area contributed by atoms with E-state index in [4.69, 9.17) is 11.6 Å². The van der Waals surface area contributed by atoms with Gasteiger partial charge in [0.15, 0.2) is 5.78 Å². The lowest BCUT2D eigenvalue weighted by Crippen LogP contribution is -2.03. The summed E-state index contributed by atoms with van der Waals surface area (Å²) in [6, 6.07) is 5.20. The summed E-state index contributed by atoms with van der Waals surface area (Å²) in [4.78, 5) is 19.6. The molecule has 0 bridgehead atoms. The third-order valence-corrected chi connectivity index (χ3v) is 3.32. The monoisotopic (exact) mass is 296 g/mol. The fourth-order valence-corrected chi connectivity index (χ4v) is 1.83. The Kier molecular flexibility index (Phi) is 3.31. The van der Waals surface area contributed by atoms with Crippen LogP contribution in [0.4, 0.5) is 0 Å². The average Bonchev–Trinajstić information content (AvgIpc) is 2.33. The molecule has 0 aliphatic heterocycles. The van der Waals surface area contributed by atoms with Crippen molar-refractivity contribution in [3.05, 3.63) is 57.5 Å². The van der Waals surface area contributed by atoms with Gasteiger partial charge in [0.1, 0.15) is 6.33 Å².